The average Bonchev–Trinajstić information content (AvgIpc) is 3.75. The lowest BCUT2D eigenvalue weighted by Gasteiger charge is -2.08. The van der Waals surface area contributed by atoms with Gasteiger partial charge in [-0.15, -0.1) is 20.4 Å². The van der Waals surface area contributed by atoms with Crippen LogP contribution in [0, 0.1) is 6.92 Å². The molecule has 6 aromatic rings. The molecule has 2 amide bonds. The van der Waals surface area contributed by atoms with Gasteiger partial charge in [0.25, 0.3) is 11.8 Å². The summed E-state index contributed by atoms with van der Waals surface area (Å²) < 4.78 is 16.9. The molecule has 236 valence electrons. The summed E-state index contributed by atoms with van der Waals surface area (Å²) in [5.74, 6) is 2.15. The molecule has 0 radical (unpaired) electrons. The number of benzene rings is 2. The Bertz CT molecular complexity index is 1940. The minimum absolute atomic E-state index is 0.169. The van der Waals surface area contributed by atoms with Gasteiger partial charge in [0.05, 0.1) is 12.8 Å². The van der Waals surface area contributed by atoms with E-state index in [0.29, 0.717) is 40.3 Å². The number of anilines is 2. The molecule has 15 nitrogen and oxygen atoms in total. The summed E-state index contributed by atoms with van der Waals surface area (Å²) in [7, 11) is 0. The summed E-state index contributed by atoms with van der Waals surface area (Å²) in [5, 5.41) is 21.1. The molecule has 0 atom stereocenters. The van der Waals surface area contributed by atoms with E-state index in [1.54, 1.807) is 54.9 Å². The smallest absolute Gasteiger partial charge is 0.264 e. The van der Waals surface area contributed by atoms with Crippen molar-refractivity contribution in [1.82, 2.24) is 40.3 Å². The second kappa shape index (κ2) is 14.5. The minimum Gasteiger partial charge on any atom is -0.484 e. The van der Waals surface area contributed by atoms with E-state index in [1.165, 1.54) is 0 Å². The van der Waals surface area contributed by atoms with Gasteiger partial charge in [0.15, 0.2) is 18.3 Å². The van der Waals surface area contributed by atoms with E-state index >= 15 is 0 Å². The van der Waals surface area contributed by atoms with E-state index in [-0.39, 0.29) is 43.5 Å². The number of nitrogens with zero attached hydrogens (tertiary/aromatic N) is 6. The summed E-state index contributed by atoms with van der Waals surface area (Å²) in [5.41, 5.74) is 3.01. The Morgan fingerprint density at radius 3 is 2.06 bits per heavy atom. The summed E-state index contributed by atoms with van der Waals surface area (Å²) >= 11 is 0. The highest BCUT2D eigenvalue weighted by atomic mass is 16.5. The third-order valence-electron chi connectivity index (χ3n) is 6.40. The van der Waals surface area contributed by atoms with Crippen LogP contribution in [0.1, 0.15) is 11.1 Å². The maximum Gasteiger partial charge on any atom is 0.264 e. The molecule has 0 saturated heterocycles. The Hall–Kier alpha value is -6.48. The van der Waals surface area contributed by atoms with Crippen molar-refractivity contribution < 1.29 is 23.8 Å². The number of H-pyrrole nitrogens is 2. The third-order valence-corrected chi connectivity index (χ3v) is 6.40. The molecular formula is C32H28N10O5. The van der Waals surface area contributed by atoms with Gasteiger partial charge in [0.1, 0.15) is 35.2 Å². The van der Waals surface area contributed by atoms with Crippen LogP contribution in [0.15, 0.2) is 91.3 Å². The standard InChI is InChI=1S/C32H28N10O5/c1-20-5-4-6-23(15-20)46-19-28(44)36-32-38-30(40-42-32)26-13-12-24(16-34-26)47-22-10-8-21(9-11-22)17-45-18-27(43)35-31-37-29(39-41-31)25-7-2-3-14-33-25/h2-16H,17-19H2,1H3,(H2,35,37,39,41,43)(H2,36,38,40,42,44). The number of pyridine rings is 2. The molecule has 4 heterocycles. The van der Waals surface area contributed by atoms with Crippen molar-refractivity contribution in [3.8, 4) is 40.3 Å². The molecule has 2 aromatic carbocycles. The summed E-state index contributed by atoms with van der Waals surface area (Å²) in [6, 6.07) is 23.5. The number of carbonyl (C=O) groups excluding carboxylic acids is 2. The molecule has 47 heavy (non-hydrogen) atoms. The number of carbonyl (C=O) groups is 2. The van der Waals surface area contributed by atoms with Gasteiger partial charge in [-0.05, 0) is 66.6 Å². The lowest BCUT2D eigenvalue weighted by molar-refractivity contribution is -0.121. The van der Waals surface area contributed by atoms with Crippen molar-refractivity contribution in [2.24, 2.45) is 0 Å². The fourth-order valence-corrected chi connectivity index (χ4v) is 4.19. The Kier molecular flexibility index (Phi) is 9.44. The summed E-state index contributed by atoms with van der Waals surface area (Å²) in [6.45, 7) is 1.82. The number of amides is 2. The first kappa shape index (κ1) is 30.5. The molecular weight excluding hydrogens is 604 g/mol. The van der Waals surface area contributed by atoms with Gasteiger partial charge in [0.2, 0.25) is 11.9 Å². The van der Waals surface area contributed by atoms with Crippen molar-refractivity contribution in [2.45, 2.75) is 13.5 Å². The lowest BCUT2D eigenvalue weighted by Crippen LogP contribution is -2.20. The third kappa shape index (κ3) is 8.58. The zero-order valence-corrected chi connectivity index (χ0v) is 25.0. The number of aryl methyl sites for hydroxylation is 1. The number of ether oxygens (including phenoxy) is 3. The van der Waals surface area contributed by atoms with Crippen LogP contribution in [-0.4, -0.2) is 65.4 Å². The number of nitrogens with one attached hydrogen (secondary N) is 4. The second-order valence-electron chi connectivity index (χ2n) is 10.1. The minimum atomic E-state index is -0.382. The molecule has 4 N–H and O–H groups in total. The Morgan fingerprint density at radius 1 is 0.702 bits per heavy atom. The van der Waals surface area contributed by atoms with E-state index in [9.17, 15) is 9.59 Å². The maximum atomic E-state index is 12.2. The van der Waals surface area contributed by atoms with Gasteiger partial charge in [-0.3, -0.25) is 25.2 Å². The first-order valence-electron chi connectivity index (χ1n) is 14.3. The van der Waals surface area contributed by atoms with Crippen LogP contribution in [-0.2, 0) is 20.9 Å². The fourth-order valence-electron chi connectivity index (χ4n) is 4.19. The van der Waals surface area contributed by atoms with Crippen LogP contribution in [0.4, 0.5) is 11.9 Å². The summed E-state index contributed by atoms with van der Waals surface area (Å²) in [4.78, 5) is 38.9. The summed E-state index contributed by atoms with van der Waals surface area (Å²) in [6.07, 6.45) is 3.19. The predicted octanol–water partition coefficient (Wildman–Crippen LogP) is 4.32. The topological polar surface area (TPSA) is 195 Å². The number of rotatable bonds is 13. The predicted molar refractivity (Wildman–Crippen MR) is 169 cm³/mol. The first-order chi connectivity index (χ1) is 23.0. The molecule has 0 unspecified atom stereocenters. The van der Waals surface area contributed by atoms with E-state index in [2.05, 4.69) is 51.0 Å². The normalized spacial score (nSPS) is 10.7. The lowest BCUT2D eigenvalue weighted by atomic mass is 10.2. The maximum absolute atomic E-state index is 12.2. The quantitative estimate of drug-likeness (QED) is 0.142. The van der Waals surface area contributed by atoms with Crippen LogP contribution in [0.2, 0.25) is 0 Å². The van der Waals surface area contributed by atoms with E-state index < -0.39 is 0 Å². The molecule has 15 heteroatoms. The Morgan fingerprint density at radius 2 is 1.40 bits per heavy atom. The zero-order valence-electron chi connectivity index (χ0n) is 25.0. The van der Waals surface area contributed by atoms with Crippen molar-refractivity contribution in [2.75, 3.05) is 23.8 Å². The van der Waals surface area contributed by atoms with Crippen molar-refractivity contribution >= 4 is 23.7 Å². The second-order valence-corrected chi connectivity index (χ2v) is 10.1. The Labute approximate surface area is 267 Å². The van der Waals surface area contributed by atoms with Gasteiger partial charge < -0.3 is 24.2 Å². The van der Waals surface area contributed by atoms with Gasteiger partial charge in [-0.1, -0.05) is 30.3 Å². The highest BCUT2D eigenvalue weighted by molar-refractivity contribution is 5.90. The molecule has 0 aliphatic rings. The molecule has 0 bridgehead atoms. The van der Waals surface area contributed by atoms with Crippen molar-refractivity contribution in [3.05, 3.63) is 102 Å². The van der Waals surface area contributed by atoms with Gasteiger partial charge in [-0.2, -0.15) is 0 Å². The molecule has 0 fully saturated rings. The van der Waals surface area contributed by atoms with Gasteiger partial charge in [-0.25, -0.2) is 4.98 Å². The molecule has 0 aliphatic heterocycles. The number of hydrogen-bond donors (Lipinski definition) is 4. The highest BCUT2D eigenvalue weighted by Crippen LogP contribution is 2.23. The number of aromatic nitrogens is 8. The highest BCUT2D eigenvalue weighted by Gasteiger charge is 2.12. The van der Waals surface area contributed by atoms with Crippen LogP contribution in [0.5, 0.6) is 17.2 Å². The molecule has 4 aromatic heterocycles. The molecule has 0 spiro atoms. The van der Waals surface area contributed by atoms with Crippen LogP contribution in [0.25, 0.3) is 23.0 Å². The Balaban J connectivity index is 0.926. The molecule has 6 rings (SSSR count). The van der Waals surface area contributed by atoms with Gasteiger partial charge in [0, 0.05) is 6.20 Å². The van der Waals surface area contributed by atoms with E-state index in [4.69, 9.17) is 14.2 Å². The average molecular weight is 633 g/mol. The van der Waals surface area contributed by atoms with E-state index in [1.807, 2.05) is 43.3 Å². The number of hydrogen-bond acceptors (Lipinski definition) is 11. The van der Waals surface area contributed by atoms with Crippen molar-refractivity contribution in [3.63, 3.8) is 0 Å². The monoisotopic (exact) mass is 632 g/mol. The molecule has 0 aliphatic carbocycles. The van der Waals surface area contributed by atoms with Gasteiger partial charge >= 0.3 is 0 Å². The molecule has 0 saturated carbocycles. The van der Waals surface area contributed by atoms with Crippen molar-refractivity contribution in [1.29, 1.82) is 0 Å². The largest absolute Gasteiger partial charge is 0.484 e. The van der Waals surface area contributed by atoms with E-state index in [0.717, 1.165) is 11.1 Å². The van der Waals surface area contributed by atoms with Crippen LogP contribution >= 0.6 is 0 Å². The first-order valence-corrected chi connectivity index (χ1v) is 14.3. The fraction of sp³-hybridized carbons (Fsp3) is 0.125. The van der Waals surface area contributed by atoms with Crippen LogP contribution < -0.4 is 20.1 Å². The number of aromatic amines is 2. The SMILES string of the molecule is Cc1cccc(OCC(=O)Nc2nnc(-c3ccc(Oc4ccc(COCC(=O)Nc5nnc(-c6ccccn6)[nH]5)cc4)cn3)[nH]2)c1. The van der Waals surface area contributed by atoms with Crippen LogP contribution in [0.3, 0.4) is 0 Å². The zero-order chi connectivity index (χ0) is 32.4.